The summed E-state index contributed by atoms with van der Waals surface area (Å²) < 4.78 is 4.98. The van der Waals surface area contributed by atoms with Gasteiger partial charge in [-0.05, 0) is 56.9 Å². The lowest BCUT2D eigenvalue weighted by atomic mass is 9.99. The first-order chi connectivity index (χ1) is 11.1. The lowest BCUT2D eigenvalue weighted by molar-refractivity contribution is -0.120. The van der Waals surface area contributed by atoms with Gasteiger partial charge in [-0.15, -0.1) is 0 Å². The van der Waals surface area contributed by atoms with E-state index in [0.717, 1.165) is 18.9 Å². The highest BCUT2D eigenvalue weighted by atomic mass is 16.3. The van der Waals surface area contributed by atoms with Gasteiger partial charge in [-0.3, -0.25) is 9.59 Å². The van der Waals surface area contributed by atoms with Crippen LogP contribution in [0.4, 0.5) is 0 Å². The van der Waals surface area contributed by atoms with Gasteiger partial charge in [0.25, 0.3) is 5.91 Å². The minimum Gasteiger partial charge on any atom is -0.459 e. The van der Waals surface area contributed by atoms with E-state index in [2.05, 4.69) is 22.5 Å². The van der Waals surface area contributed by atoms with Crippen molar-refractivity contribution in [1.82, 2.24) is 15.5 Å². The highest BCUT2D eigenvalue weighted by molar-refractivity contribution is 5.91. The van der Waals surface area contributed by atoms with Crippen LogP contribution in [0.15, 0.2) is 22.8 Å². The zero-order chi connectivity index (χ0) is 16.5. The van der Waals surface area contributed by atoms with E-state index in [-0.39, 0.29) is 24.0 Å². The van der Waals surface area contributed by atoms with Gasteiger partial charge in [0.15, 0.2) is 5.76 Å². The van der Waals surface area contributed by atoms with Crippen molar-refractivity contribution in [2.75, 3.05) is 32.7 Å². The van der Waals surface area contributed by atoms with Crippen LogP contribution in [0.1, 0.15) is 43.2 Å². The highest BCUT2D eigenvalue weighted by Crippen LogP contribution is 2.15. The molecule has 0 spiro atoms. The standard InChI is InChI=1S/C17H27N3O3/c1-14-6-11-20(12-7-14)10-3-8-18-16(21)5-9-19-17(22)15-4-2-13-23-15/h2,4,13-14H,3,5-12H2,1H3,(H,18,21)(H,19,22). The zero-order valence-electron chi connectivity index (χ0n) is 13.8. The van der Waals surface area contributed by atoms with E-state index in [9.17, 15) is 9.59 Å². The van der Waals surface area contributed by atoms with Gasteiger partial charge in [-0.25, -0.2) is 0 Å². The van der Waals surface area contributed by atoms with Crippen LogP contribution in [0.2, 0.25) is 0 Å². The lowest BCUT2D eigenvalue weighted by Gasteiger charge is -2.30. The van der Waals surface area contributed by atoms with E-state index in [1.807, 2.05) is 0 Å². The molecule has 6 heteroatoms. The molecule has 1 aromatic heterocycles. The number of nitrogens with zero attached hydrogens (tertiary/aromatic N) is 1. The minimum absolute atomic E-state index is 0.0305. The summed E-state index contributed by atoms with van der Waals surface area (Å²) in [6, 6.07) is 3.25. The summed E-state index contributed by atoms with van der Waals surface area (Å²) in [5, 5.41) is 5.56. The van der Waals surface area contributed by atoms with Crippen LogP contribution in [0, 0.1) is 5.92 Å². The number of piperidine rings is 1. The fraction of sp³-hybridized carbons (Fsp3) is 0.647. The van der Waals surface area contributed by atoms with Crippen molar-refractivity contribution in [2.24, 2.45) is 5.92 Å². The van der Waals surface area contributed by atoms with E-state index >= 15 is 0 Å². The topological polar surface area (TPSA) is 74.6 Å². The molecule has 0 atom stereocenters. The van der Waals surface area contributed by atoms with Gasteiger partial charge in [-0.1, -0.05) is 6.92 Å². The van der Waals surface area contributed by atoms with Gasteiger partial charge >= 0.3 is 0 Å². The number of amides is 2. The first-order valence-corrected chi connectivity index (χ1v) is 8.46. The number of furan rings is 1. The van der Waals surface area contributed by atoms with Crippen LogP contribution in [-0.4, -0.2) is 49.4 Å². The largest absolute Gasteiger partial charge is 0.459 e. The number of carbonyl (C=O) groups excluding carboxylic acids is 2. The number of hydrogen-bond donors (Lipinski definition) is 2. The van der Waals surface area contributed by atoms with Crippen LogP contribution in [0.25, 0.3) is 0 Å². The molecule has 1 aliphatic heterocycles. The Balaban J connectivity index is 1.48. The first-order valence-electron chi connectivity index (χ1n) is 8.46. The van der Waals surface area contributed by atoms with E-state index < -0.39 is 0 Å². The Morgan fingerprint density at radius 3 is 2.74 bits per heavy atom. The zero-order valence-corrected chi connectivity index (χ0v) is 13.8. The fourth-order valence-electron chi connectivity index (χ4n) is 2.69. The van der Waals surface area contributed by atoms with E-state index in [0.29, 0.717) is 13.1 Å². The number of likely N-dealkylation sites (tertiary alicyclic amines) is 1. The van der Waals surface area contributed by atoms with Gasteiger partial charge in [0, 0.05) is 19.5 Å². The molecule has 0 saturated carbocycles. The molecule has 1 saturated heterocycles. The molecule has 0 aromatic carbocycles. The molecule has 0 bridgehead atoms. The second kappa shape index (κ2) is 9.35. The number of hydrogen-bond acceptors (Lipinski definition) is 4. The Hall–Kier alpha value is -1.82. The third-order valence-electron chi connectivity index (χ3n) is 4.23. The molecule has 2 rings (SSSR count). The first kappa shape index (κ1) is 17.5. The number of carbonyl (C=O) groups is 2. The summed E-state index contributed by atoms with van der Waals surface area (Å²) in [6.07, 6.45) is 5.26. The monoisotopic (exact) mass is 321 g/mol. The summed E-state index contributed by atoms with van der Waals surface area (Å²) >= 11 is 0. The molecule has 0 unspecified atom stereocenters. The van der Waals surface area contributed by atoms with Crippen molar-refractivity contribution in [3.8, 4) is 0 Å². The van der Waals surface area contributed by atoms with Crippen molar-refractivity contribution in [2.45, 2.75) is 32.6 Å². The van der Waals surface area contributed by atoms with Gasteiger partial charge < -0.3 is 20.0 Å². The number of rotatable bonds is 8. The molecular weight excluding hydrogens is 294 g/mol. The summed E-state index contributed by atoms with van der Waals surface area (Å²) in [7, 11) is 0. The third kappa shape index (κ3) is 6.44. The summed E-state index contributed by atoms with van der Waals surface area (Å²) in [5.41, 5.74) is 0. The van der Waals surface area contributed by atoms with Gasteiger partial charge in [-0.2, -0.15) is 0 Å². The highest BCUT2D eigenvalue weighted by Gasteiger charge is 2.14. The molecule has 2 amide bonds. The second-order valence-electron chi connectivity index (χ2n) is 6.21. The van der Waals surface area contributed by atoms with E-state index in [4.69, 9.17) is 4.42 Å². The Morgan fingerprint density at radius 1 is 1.26 bits per heavy atom. The molecular formula is C17H27N3O3. The summed E-state index contributed by atoms with van der Waals surface area (Å²) in [6.45, 7) is 6.71. The maximum Gasteiger partial charge on any atom is 0.286 e. The molecule has 1 fully saturated rings. The average molecular weight is 321 g/mol. The molecule has 2 N–H and O–H groups in total. The van der Waals surface area contributed by atoms with E-state index in [1.54, 1.807) is 12.1 Å². The minimum atomic E-state index is -0.290. The van der Waals surface area contributed by atoms with Crippen LogP contribution < -0.4 is 10.6 Å². The lowest BCUT2D eigenvalue weighted by Crippen LogP contribution is -2.36. The Morgan fingerprint density at radius 2 is 2.04 bits per heavy atom. The van der Waals surface area contributed by atoms with Gasteiger partial charge in [0.1, 0.15) is 0 Å². The predicted octanol–water partition coefficient (Wildman–Crippen LogP) is 1.64. The van der Waals surface area contributed by atoms with Crippen LogP contribution in [0.5, 0.6) is 0 Å². The molecule has 2 heterocycles. The molecule has 128 valence electrons. The van der Waals surface area contributed by atoms with Gasteiger partial charge in [0.05, 0.1) is 6.26 Å². The molecule has 1 aliphatic rings. The average Bonchev–Trinajstić information content (AvgIpc) is 3.08. The van der Waals surface area contributed by atoms with Crippen molar-refractivity contribution in [3.05, 3.63) is 24.2 Å². The molecule has 23 heavy (non-hydrogen) atoms. The summed E-state index contributed by atoms with van der Waals surface area (Å²) in [5.74, 6) is 0.794. The molecule has 6 nitrogen and oxygen atoms in total. The second-order valence-corrected chi connectivity index (χ2v) is 6.21. The summed E-state index contributed by atoms with van der Waals surface area (Å²) in [4.78, 5) is 25.8. The van der Waals surface area contributed by atoms with Crippen LogP contribution in [-0.2, 0) is 4.79 Å². The van der Waals surface area contributed by atoms with Crippen molar-refractivity contribution in [3.63, 3.8) is 0 Å². The quantitative estimate of drug-likeness (QED) is 0.714. The van der Waals surface area contributed by atoms with Crippen LogP contribution >= 0.6 is 0 Å². The molecule has 1 aromatic rings. The Kier molecular flexibility index (Phi) is 7.13. The maximum absolute atomic E-state index is 11.7. The smallest absolute Gasteiger partial charge is 0.286 e. The Labute approximate surface area is 137 Å². The van der Waals surface area contributed by atoms with Crippen LogP contribution in [0.3, 0.4) is 0 Å². The predicted molar refractivity (Wildman–Crippen MR) is 88.1 cm³/mol. The number of nitrogens with one attached hydrogen (secondary N) is 2. The maximum atomic E-state index is 11.7. The molecule has 0 aliphatic carbocycles. The van der Waals surface area contributed by atoms with E-state index in [1.165, 1.54) is 32.2 Å². The van der Waals surface area contributed by atoms with Crippen molar-refractivity contribution < 1.29 is 14.0 Å². The van der Waals surface area contributed by atoms with Crippen molar-refractivity contribution >= 4 is 11.8 Å². The fourth-order valence-corrected chi connectivity index (χ4v) is 2.69. The normalized spacial score (nSPS) is 16.2. The Bertz CT molecular complexity index is 479. The van der Waals surface area contributed by atoms with Gasteiger partial charge in [0.2, 0.25) is 5.91 Å². The molecule has 0 radical (unpaired) electrons. The van der Waals surface area contributed by atoms with Crippen molar-refractivity contribution in [1.29, 1.82) is 0 Å². The third-order valence-corrected chi connectivity index (χ3v) is 4.23. The SMILES string of the molecule is CC1CCN(CCCNC(=O)CCNC(=O)c2ccco2)CC1.